The number of nitriles is 1. The predicted octanol–water partition coefficient (Wildman–Crippen LogP) is 4.16. The van der Waals surface area contributed by atoms with Gasteiger partial charge in [0.25, 0.3) is 0 Å². The van der Waals surface area contributed by atoms with Crippen LogP contribution in [0, 0.1) is 18.3 Å². The van der Waals surface area contributed by atoms with Crippen LogP contribution in [0.3, 0.4) is 0 Å². The van der Waals surface area contributed by atoms with E-state index in [4.69, 9.17) is 9.15 Å². The molecule has 0 aliphatic heterocycles. The quantitative estimate of drug-likeness (QED) is 0.464. The van der Waals surface area contributed by atoms with Crippen LogP contribution in [0.1, 0.15) is 22.7 Å². The van der Waals surface area contributed by atoms with E-state index in [1.54, 1.807) is 23.7 Å². The third-order valence-electron chi connectivity index (χ3n) is 3.60. The number of carbonyl (C=O) groups is 1. The molecule has 1 aromatic carbocycles. The lowest BCUT2D eigenvalue weighted by atomic mass is 10.2. The number of furan rings is 1. The molecule has 0 spiro atoms. The molecule has 0 aliphatic carbocycles. The van der Waals surface area contributed by atoms with Gasteiger partial charge in [-0.05, 0) is 53.2 Å². The number of carbonyl (C=O) groups excluding carboxylic acids is 1. The Morgan fingerprint density at radius 2 is 2.12 bits per heavy atom. The SMILES string of the molecule is Cc1nn(-c2ccccc2)c(COC(=O)/C=C/c2ccc(Br)o2)c1C#N. The Morgan fingerprint density at radius 3 is 2.77 bits per heavy atom. The van der Waals surface area contributed by atoms with E-state index in [2.05, 4.69) is 27.1 Å². The van der Waals surface area contributed by atoms with Crippen molar-refractivity contribution in [2.45, 2.75) is 13.5 Å². The van der Waals surface area contributed by atoms with E-state index in [1.165, 1.54) is 12.2 Å². The van der Waals surface area contributed by atoms with Crippen LogP contribution < -0.4 is 0 Å². The first-order valence-electron chi connectivity index (χ1n) is 7.72. The molecule has 2 aromatic heterocycles. The Labute approximate surface area is 158 Å². The average molecular weight is 412 g/mol. The number of aromatic nitrogens is 2. The molecule has 0 saturated heterocycles. The number of hydrogen-bond donors (Lipinski definition) is 0. The summed E-state index contributed by atoms with van der Waals surface area (Å²) in [5.41, 5.74) is 2.30. The van der Waals surface area contributed by atoms with Crippen molar-refractivity contribution in [2.75, 3.05) is 0 Å². The fourth-order valence-electron chi connectivity index (χ4n) is 2.39. The summed E-state index contributed by atoms with van der Waals surface area (Å²) in [6.45, 7) is 1.68. The molecular weight excluding hydrogens is 398 g/mol. The number of rotatable bonds is 5. The van der Waals surface area contributed by atoms with Crippen molar-refractivity contribution >= 4 is 28.0 Å². The van der Waals surface area contributed by atoms with E-state index >= 15 is 0 Å². The van der Waals surface area contributed by atoms with Crippen LogP contribution in [-0.2, 0) is 16.1 Å². The molecule has 0 amide bonds. The molecule has 0 fully saturated rings. The second-order valence-electron chi connectivity index (χ2n) is 5.35. The third kappa shape index (κ3) is 3.92. The number of ether oxygens (including phenoxy) is 1. The number of benzene rings is 1. The third-order valence-corrected chi connectivity index (χ3v) is 4.02. The van der Waals surface area contributed by atoms with Crippen LogP contribution in [0.2, 0.25) is 0 Å². The summed E-state index contributed by atoms with van der Waals surface area (Å²) in [6.07, 6.45) is 2.78. The number of para-hydroxylation sites is 1. The van der Waals surface area contributed by atoms with Crippen LogP contribution in [0.25, 0.3) is 11.8 Å². The molecule has 2 heterocycles. The fraction of sp³-hybridized carbons (Fsp3) is 0.105. The molecule has 0 saturated carbocycles. The number of esters is 1. The molecule has 3 aromatic rings. The molecule has 0 aliphatic rings. The van der Waals surface area contributed by atoms with Crippen LogP contribution in [0.4, 0.5) is 0 Å². The van der Waals surface area contributed by atoms with Gasteiger partial charge in [-0.1, -0.05) is 18.2 Å². The van der Waals surface area contributed by atoms with Gasteiger partial charge in [0, 0.05) is 6.08 Å². The zero-order chi connectivity index (χ0) is 18.5. The van der Waals surface area contributed by atoms with Crippen molar-refractivity contribution in [3.63, 3.8) is 0 Å². The summed E-state index contributed by atoms with van der Waals surface area (Å²) in [5.74, 6) is -0.0170. The van der Waals surface area contributed by atoms with Crippen molar-refractivity contribution < 1.29 is 13.9 Å². The summed E-state index contributed by atoms with van der Waals surface area (Å²) >= 11 is 3.19. The first-order chi connectivity index (χ1) is 12.6. The zero-order valence-electron chi connectivity index (χ0n) is 13.8. The summed E-state index contributed by atoms with van der Waals surface area (Å²) < 4.78 is 12.8. The molecule has 7 heteroatoms. The van der Waals surface area contributed by atoms with Gasteiger partial charge in [-0.25, -0.2) is 9.48 Å². The normalized spacial score (nSPS) is 10.8. The van der Waals surface area contributed by atoms with Crippen LogP contribution in [0.15, 0.2) is 57.6 Å². The lowest BCUT2D eigenvalue weighted by Gasteiger charge is -2.07. The van der Waals surface area contributed by atoms with Gasteiger partial charge in [-0.2, -0.15) is 10.4 Å². The Kier molecular flexibility index (Phi) is 5.34. The Hall–Kier alpha value is -3.11. The van der Waals surface area contributed by atoms with Gasteiger partial charge in [-0.3, -0.25) is 0 Å². The Bertz CT molecular complexity index is 997. The van der Waals surface area contributed by atoms with E-state index in [-0.39, 0.29) is 6.61 Å². The van der Waals surface area contributed by atoms with Gasteiger partial charge in [-0.15, -0.1) is 0 Å². The van der Waals surface area contributed by atoms with Crippen molar-refractivity contribution in [2.24, 2.45) is 0 Å². The Morgan fingerprint density at radius 1 is 1.35 bits per heavy atom. The second-order valence-corrected chi connectivity index (χ2v) is 6.13. The number of nitrogens with zero attached hydrogens (tertiary/aromatic N) is 3. The van der Waals surface area contributed by atoms with Crippen LogP contribution in [-0.4, -0.2) is 15.7 Å². The fourth-order valence-corrected chi connectivity index (χ4v) is 2.71. The average Bonchev–Trinajstić information content (AvgIpc) is 3.21. The summed E-state index contributed by atoms with van der Waals surface area (Å²) in [7, 11) is 0. The highest BCUT2D eigenvalue weighted by molar-refractivity contribution is 9.10. The summed E-state index contributed by atoms with van der Waals surface area (Å²) in [4.78, 5) is 12.0. The van der Waals surface area contributed by atoms with E-state index in [0.717, 1.165) is 5.69 Å². The maximum atomic E-state index is 12.0. The van der Waals surface area contributed by atoms with Gasteiger partial charge in [0.2, 0.25) is 0 Å². The summed E-state index contributed by atoms with van der Waals surface area (Å²) in [5, 5.41) is 13.8. The van der Waals surface area contributed by atoms with Crippen molar-refractivity contribution in [3.8, 4) is 11.8 Å². The molecule has 0 unspecified atom stereocenters. The van der Waals surface area contributed by atoms with Gasteiger partial charge < -0.3 is 9.15 Å². The standard InChI is InChI=1S/C19H14BrN3O3/c1-13-16(11-21)17(23(22-13)14-5-3-2-4-6-14)12-25-19(24)10-8-15-7-9-18(20)26-15/h2-10H,12H2,1H3/b10-8+. The molecule has 0 radical (unpaired) electrons. The number of hydrogen-bond acceptors (Lipinski definition) is 5. The topological polar surface area (TPSA) is 81.1 Å². The van der Waals surface area contributed by atoms with E-state index < -0.39 is 5.97 Å². The number of aryl methyl sites for hydroxylation is 1. The monoisotopic (exact) mass is 411 g/mol. The van der Waals surface area contributed by atoms with E-state index in [0.29, 0.717) is 27.4 Å². The van der Waals surface area contributed by atoms with Crippen LogP contribution in [0.5, 0.6) is 0 Å². The highest BCUT2D eigenvalue weighted by atomic mass is 79.9. The molecule has 0 bridgehead atoms. The lowest BCUT2D eigenvalue weighted by Crippen LogP contribution is -2.08. The van der Waals surface area contributed by atoms with Crippen molar-refractivity contribution in [1.29, 1.82) is 5.26 Å². The van der Waals surface area contributed by atoms with Gasteiger partial charge >= 0.3 is 5.97 Å². The molecule has 26 heavy (non-hydrogen) atoms. The first kappa shape index (κ1) is 17.7. The smallest absolute Gasteiger partial charge is 0.331 e. The summed E-state index contributed by atoms with van der Waals surface area (Å²) in [6, 6.07) is 14.9. The lowest BCUT2D eigenvalue weighted by molar-refractivity contribution is -0.139. The minimum absolute atomic E-state index is 0.0658. The van der Waals surface area contributed by atoms with E-state index in [9.17, 15) is 10.1 Å². The first-order valence-corrected chi connectivity index (χ1v) is 8.52. The van der Waals surface area contributed by atoms with E-state index in [1.807, 2.05) is 30.3 Å². The van der Waals surface area contributed by atoms with Crippen molar-refractivity contribution in [3.05, 3.63) is 75.9 Å². The molecule has 0 N–H and O–H groups in total. The minimum Gasteiger partial charge on any atom is -0.456 e. The maximum absolute atomic E-state index is 12.0. The molecule has 3 rings (SSSR count). The predicted molar refractivity (Wildman–Crippen MR) is 98.3 cm³/mol. The van der Waals surface area contributed by atoms with Gasteiger partial charge in [0.05, 0.1) is 17.1 Å². The van der Waals surface area contributed by atoms with Gasteiger partial charge in [0.1, 0.15) is 24.0 Å². The molecule has 130 valence electrons. The number of halogens is 1. The Balaban J connectivity index is 1.78. The largest absolute Gasteiger partial charge is 0.456 e. The highest BCUT2D eigenvalue weighted by Crippen LogP contribution is 2.19. The second kappa shape index (κ2) is 7.85. The van der Waals surface area contributed by atoms with Gasteiger partial charge in [0.15, 0.2) is 4.67 Å². The van der Waals surface area contributed by atoms with Crippen molar-refractivity contribution in [1.82, 2.24) is 9.78 Å². The molecular formula is C19H14BrN3O3. The highest BCUT2D eigenvalue weighted by Gasteiger charge is 2.17. The molecule has 0 atom stereocenters. The zero-order valence-corrected chi connectivity index (χ0v) is 15.4. The maximum Gasteiger partial charge on any atom is 0.331 e. The van der Waals surface area contributed by atoms with Crippen LogP contribution >= 0.6 is 15.9 Å². The molecule has 6 nitrogen and oxygen atoms in total. The minimum atomic E-state index is -0.542.